The second kappa shape index (κ2) is 9.88. The zero-order valence-corrected chi connectivity index (χ0v) is 20.0. The molecule has 0 aliphatic heterocycles. The third-order valence-electron chi connectivity index (χ3n) is 6.64. The van der Waals surface area contributed by atoms with Gasteiger partial charge in [-0.1, -0.05) is 44.5 Å². The van der Waals surface area contributed by atoms with Gasteiger partial charge in [0.15, 0.2) is 5.16 Å². The summed E-state index contributed by atoms with van der Waals surface area (Å²) >= 11 is 1.08. The van der Waals surface area contributed by atoms with Crippen molar-refractivity contribution in [2.24, 2.45) is 11.8 Å². The molecule has 7 nitrogen and oxygen atoms in total. The monoisotopic (exact) mass is 506 g/mol. The Hall–Kier alpha value is -3.08. The summed E-state index contributed by atoms with van der Waals surface area (Å²) in [6, 6.07) is 8.86. The molecule has 11 heteroatoms. The van der Waals surface area contributed by atoms with E-state index in [2.05, 4.69) is 24.1 Å². The number of rotatable bonds is 6. The average molecular weight is 507 g/mol. The lowest BCUT2D eigenvalue weighted by Gasteiger charge is -2.34. The molecule has 3 atom stereocenters. The fraction of sp³-hybridized carbons (Fsp3) is 0.417. The molecule has 0 saturated heterocycles. The molecule has 1 amide bonds. The second-order valence-corrected chi connectivity index (χ2v) is 9.88. The van der Waals surface area contributed by atoms with Crippen LogP contribution in [0.1, 0.15) is 38.7 Å². The first-order valence-electron chi connectivity index (χ1n) is 11.3. The van der Waals surface area contributed by atoms with Gasteiger partial charge in [-0.05, 0) is 42.5 Å². The number of hydrogen-bond acceptors (Lipinski definition) is 5. The highest BCUT2D eigenvalue weighted by Gasteiger charge is 2.31. The van der Waals surface area contributed by atoms with Crippen molar-refractivity contribution >= 4 is 34.4 Å². The number of nitro benzene ring substituents is 1. The largest absolute Gasteiger partial charge is 0.416 e. The van der Waals surface area contributed by atoms with Gasteiger partial charge in [-0.25, -0.2) is 4.98 Å². The molecule has 1 aliphatic rings. The number of halogens is 3. The number of carbonyl (C=O) groups is 1. The Labute approximate surface area is 204 Å². The molecule has 35 heavy (non-hydrogen) atoms. The highest BCUT2D eigenvalue weighted by atomic mass is 32.2. The first kappa shape index (κ1) is 25.0. The first-order valence-corrected chi connectivity index (χ1v) is 12.3. The van der Waals surface area contributed by atoms with Gasteiger partial charge < -0.3 is 5.32 Å². The minimum absolute atomic E-state index is 0.0159. The Kier molecular flexibility index (Phi) is 7.07. The van der Waals surface area contributed by atoms with Crippen molar-refractivity contribution < 1.29 is 22.9 Å². The molecule has 4 rings (SSSR count). The molecule has 0 bridgehead atoms. The van der Waals surface area contributed by atoms with Crippen molar-refractivity contribution in [2.45, 2.75) is 50.5 Å². The van der Waals surface area contributed by atoms with E-state index in [4.69, 9.17) is 0 Å². The molecule has 1 aliphatic carbocycles. The maximum absolute atomic E-state index is 13.3. The Bertz CT molecular complexity index is 1260. The Morgan fingerprint density at radius 1 is 1.23 bits per heavy atom. The molecule has 2 aromatic carbocycles. The van der Waals surface area contributed by atoms with Gasteiger partial charge in [-0.3, -0.25) is 19.5 Å². The lowest BCUT2D eigenvalue weighted by atomic mass is 9.78. The third kappa shape index (κ3) is 5.44. The number of thioether (sulfide) groups is 1. The van der Waals surface area contributed by atoms with Gasteiger partial charge >= 0.3 is 6.18 Å². The van der Waals surface area contributed by atoms with Crippen molar-refractivity contribution in [3.63, 3.8) is 0 Å². The zero-order chi connectivity index (χ0) is 25.3. The van der Waals surface area contributed by atoms with E-state index >= 15 is 0 Å². The number of nitrogens with zero attached hydrogens (tertiary/aromatic N) is 3. The number of nitro groups is 1. The highest BCUT2D eigenvalue weighted by Crippen LogP contribution is 2.34. The van der Waals surface area contributed by atoms with Gasteiger partial charge in [0.25, 0.3) is 5.69 Å². The topological polar surface area (TPSA) is 90.1 Å². The van der Waals surface area contributed by atoms with Crippen LogP contribution >= 0.6 is 11.8 Å². The molecule has 3 aromatic rings. The minimum Gasteiger partial charge on any atom is -0.352 e. The molecular weight excluding hydrogens is 481 g/mol. The normalized spacial score (nSPS) is 20.7. The zero-order valence-electron chi connectivity index (χ0n) is 19.2. The SMILES string of the molecule is C[C@H]1[C@H](C)CCC[C@@H]1NC(=O)CSc1nc2cc([N+](=O)[O-])ccc2n1-c1cccc(C(F)(F)F)c1. The predicted molar refractivity (Wildman–Crippen MR) is 128 cm³/mol. The van der Waals surface area contributed by atoms with Crippen LogP contribution < -0.4 is 5.32 Å². The molecule has 1 saturated carbocycles. The summed E-state index contributed by atoms with van der Waals surface area (Å²) in [7, 11) is 0. The maximum atomic E-state index is 13.3. The first-order chi connectivity index (χ1) is 16.5. The number of alkyl halides is 3. The molecule has 0 unspecified atom stereocenters. The number of aromatic nitrogens is 2. The van der Waals surface area contributed by atoms with E-state index in [9.17, 15) is 28.1 Å². The summed E-state index contributed by atoms with van der Waals surface area (Å²) in [5, 5.41) is 14.6. The van der Waals surface area contributed by atoms with Gasteiger partial charge in [0.05, 0.1) is 27.3 Å². The van der Waals surface area contributed by atoms with Crippen LogP contribution in [0.4, 0.5) is 18.9 Å². The fourth-order valence-corrected chi connectivity index (χ4v) is 5.33. The van der Waals surface area contributed by atoms with Crippen LogP contribution in [0.5, 0.6) is 0 Å². The number of carbonyl (C=O) groups excluding carboxylic acids is 1. The molecular formula is C24H25F3N4O3S. The third-order valence-corrected chi connectivity index (χ3v) is 7.57. The fourth-order valence-electron chi connectivity index (χ4n) is 4.49. The molecule has 1 N–H and O–H groups in total. The molecule has 0 radical (unpaired) electrons. The van der Waals surface area contributed by atoms with Crippen molar-refractivity contribution in [3.8, 4) is 5.69 Å². The molecule has 1 fully saturated rings. The second-order valence-electron chi connectivity index (χ2n) is 8.94. The summed E-state index contributed by atoms with van der Waals surface area (Å²) in [5.74, 6) is 0.701. The Morgan fingerprint density at radius 3 is 2.71 bits per heavy atom. The summed E-state index contributed by atoms with van der Waals surface area (Å²) in [6.07, 6.45) is -1.44. The number of hydrogen-bond donors (Lipinski definition) is 1. The van der Waals surface area contributed by atoms with E-state index in [-0.39, 0.29) is 39.7 Å². The molecule has 0 spiro atoms. The molecule has 186 valence electrons. The van der Waals surface area contributed by atoms with E-state index in [0.29, 0.717) is 17.4 Å². The maximum Gasteiger partial charge on any atom is 0.416 e. The number of benzene rings is 2. The summed E-state index contributed by atoms with van der Waals surface area (Å²) in [4.78, 5) is 27.8. The Morgan fingerprint density at radius 2 is 2.00 bits per heavy atom. The number of fused-ring (bicyclic) bond motifs is 1. The van der Waals surface area contributed by atoms with E-state index in [1.807, 2.05) is 0 Å². The van der Waals surface area contributed by atoms with E-state index < -0.39 is 16.7 Å². The van der Waals surface area contributed by atoms with E-state index in [1.165, 1.54) is 34.9 Å². The van der Waals surface area contributed by atoms with E-state index in [1.54, 1.807) is 0 Å². The number of amides is 1. The lowest BCUT2D eigenvalue weighted by molar-refractivity contribution is -0.384. The van der Waals surface area contributed by atoms with Crippen LogP contribution in [0.25, 0.3) is 16.7 Å². The highest BCUT2D eigenvalue weighted by molar-refractivity contribution is 7.99. The average Bonchev–Trinajstić information content (AvgIpc) is 3.18. The standard InChI is InChI=1S/C24H25F3N4O3S/c1-14-5-3-8-19(15(14)2)28-22(32)13-35-23-29-20-12-18(31(33)34)9-10-21(20)30(23)17-7-4-6-16(11-17)24(25,26)27/h4,6-7,9-12,14-15,19H,3,5,8,13H2,1-2H3,(H,28,32)/t14-,15+,19+/m1/s1. The van der Waals surface area contributed by atoms with Crippen LogP contribution in [0.3, 0.4) is 0 Å². The van der Waals surface area contributed by atoms with Crippen LogP contribution in [0.2, 0.25) is 0 Å². The molecule has 1 aromatic heterocycles. The summed E-state index contributed by atoms with van der Waals surface area (Å²) in [6.45, 7) is 4.30. The quantitative estimate of drug-likeness (QED) is 0.252. The predicted octanol–water partition coefficient (Wildman–Crippen LogP) is 5.99. The van der Waals surface area contributed by atoms with Crippen LogP contribution in [0.15, 0.2) is 47.6 Å². The van der Waals surface area contributed by atoms with Crippen LogP contribution in [0, 0.1) is 22.0 Å². The number of imidazole rings is 1. The minimum atomic E-state index is -4.54. The van der Waals surface area contributed by atoms with Crippen LogP contribution in [-0.4, -0.2) is 32.2 Å². The van der Waals surface area contributed by atoms with Crippen LogP contribution in [-0.2, 0) is 11.0 Å². The van der Waals surface area contributed by atoms with Gasteiger partial charge in [0, 0.05) is 23.9 Å². The number of nitrogens with one attached hydrogen (secondary N) is 1. The lowest BCUT2D eigenvalue weighted by Crippen LogP contribution is -2.44. The van der Waals surface area contributed by atoms with Gasteiger partial charge in [-0.15, -0.1) is 0 Å². The summed E-state index contributed by atoms with van der Waals surface area (Å²) < 4.78 is 41.5. The number of non-ortho nitro benzene ring substituents is 1. The summed E-state index contributed by atoms with van der Waals surface area (Å²) in [5.41, 5.74) is -0.135. The van der Waals surface area contributed by atoms with Crippen molar-refractivity contribution in [1.82, 2.24) is 14.9 Å². The van der Waals surface area contributed by atoms with Gasteiger partial charge in [0.2, 0.25) is 5.91 Å². The smallest absolute Gasteiger partial charge is 0.352 e. The molecule has 1 heterocycles. The van der Waals surface area contributed by atoms with Crippen molar-refractivity contribution in [3.05, 3.63) is 58.1 Å². The van der Waals surface area contributed by atoms with Crippen molar-refractivity contribution in [2.75, 3.05) is 5.75 Å². The van der Waals surface area contributed by atoms with Crippen molar-refractivity contribution in [1.29, 1.82) is 0 Å². The van der Waals surface area contributed by atoms with E-state index in [0.717, 1.165) is 43.2 Å². The van der Waals surface area contributed by atoms with Gasteiger partial charge in [0.1, 0.15) is 0 Å². The Balaban J connectivity index is 1.65. The van der Waals surface area contributed by atoms with Gasteiger partial charge in [-0.2, -0.15) is 13.2 Å².